The van der Waals surface area contributed by atoms with Crippen LogP contribution in [0.25, 0.3) is 10.9 Å². The molecular formula is C15H13ClN2O4. The van der Waals surface area contributed by atoms with Crippen molar-refractivity contribution in [1.82, 2.24) is 4.98 Å². The van der Waals surface area contributed by atoms with Gasteiger partial charge in [0.1, 0.15) is 0 Å². The fourth-order valence-corrected chi connectivity index (χ4v) is 1.95. The fraction of sp³-hybridized carbons (Fsp3) is 0.200. The second kappa shape index (κ2) is 7.38. The van der Waals surface area contributed by atoms with Crippen molar-refractivity contribution in [3.63, 3.8) is 0 Å². The highest BCUT2D eigenvalue weighted by Gasteiger charge is 2.30. The van der Waals surface area contributed by atoms with E-state index >= 15 is 0 Å². The van der Waals surface area contributed by atoms with E-state index in [-0.39, 0.29) is 24.6 Å². The molecule has 0 aliphatic heterocycles. The van der Waals surface area contributed by atoms with Crippen molar-refractivity contribution in [3.05, 3.63) is 46.2 Å². The zero-order chi connectivity index (χ0) is 15.4. The Morgan fingerprint density at radius 1 is 1.36 bits per heavy atom. The van der Waals surface area contributed by atoms with Crippen LogP contribution in [-0.2, 0) is 9.53 Å². The van der Waals surface area contributed by atoms with E-state index in [0.717, 1.165) is 0 Å². The molecule has 1 heterocycles. The number of benzene rings is 1. The third kappa shape index (κ3) is 3.15. The lowest BCUT2D eigenvalue weighted by molar-refractivity contribution is -0.144. The van der Waals surface area contributed by atoms with Gasteiger partial charge in [-0.15, -0.1) is 12.4 Å². The Hall–Kier alpha value is -2.65. The van der Waals surface area contributed by atoms with Gasteiger partial charge < -0.3 is 9.72 Å². The number of H-pyrrole nitrogens is 1. The largest absolute Gasteiger partial charge is 0.465 e. The molecule has 2 rings (SSSR count). The number of nitrogens with one attached hydrogen (secondary N) is 1. The smallest absolute Gasteiger partial charge is 0.331 e. The first-order valence-electron chi connectivity index (χ1n) is 6.31. The average molecular weight is 321 g/mol. The lowest BCUT2D eigenvalue weighted by Crippen LogP contribution is -2.29. The zero-order valence-electron chi connectivity index (χ0n) is 11.7. The Morgan fingerprint density at radius 3 is 2.68 bits per heavy atom. The first-order chi connectivity index (χ1) is 10.1. The summed E-state index contributed by atoms with van der Waals surface area (Å²) in [5, 5.41) is 9.30. The molecule has 0 saturated heterocycles. The van der Waals surface area contributed by atoms with Crippen molar-refractivity contribution in [2.45, 2.75) is 6.92 Å². The molecule has 6 nitrogen and oxygen atoms in total. The Balaban J connectivity index is 0.00000242. The maximum Gasteiger partial charge on any atom is 0.331 e. The van der Waals surface area contributed by atoms with Gasteiger partial charge in [-0.1, -0.05) is 12.1 Å². The highest BCUT2D eigenvalue weighted by atomic mass is 35.5. The predicted molar refractivity (Wildman–Crippen MR) is 81.9 cm³/mol. The monoisotopic (exact) mass is 320 g/mol. The zero-order valence-corrected chi connectivity index (χ0v) is 12.5. The summed E-state index contributed by atoms with van der Waals surface area (Å²) in [6.45, 7) is 1.62. The number of ketones is 1. The van der Waals surface area contributed by atoms with Crippen molar-refractivity contribution in [2.24, 2.45) is 5.92 Å². The number of aromatic amines is 1. The van der Waals surface area contributed by atoms with E-state index < -0.39 is 23.1 Å². The first-order valence-corrected chi connectivity index (χ1v) is 6.31. The molecule has 22 heavy (non-hydrogen) atoms. The van der Waals surface area contributed by atoms with Crippen LogP contribution < -0.4 is 5.43 Å². The SMILES string of the molecule is CCOC(=O)C(C#N)C(=O)c1c[nH]c2ccccc2c1=O.Cl. The van der Waals surface area contributed by atoms with Gasteiger partial charge in [0.05, 0.1) is 18.2 Å². The van der Waals surface area contributed by atoms with E-state index in [4.69, 9.17) is 5.26 Å². The number of esters is 1. The Bertz CT molecular complexity index is 807. The minimum absolute atomic E-state index is 0. The van der Waals surface area contributed by atoms with E-state index in [1.54, 1.807) is 37.3 Å². The molecule has 1 unspecified atom stereocenters. The third-order valence-electron chi connectivity index (χ3n) is 2.97. The van der Waals surface area contributed by atoms with Gasteiger partial charge in [0.25, 0.3) is 0 Å². The predicted octanol–water partition coefficient (Wildman–Crippen LogP) is 1.84. The summed E-state index contributed by atoms with van der Waals surface area (Å²) in [6.07, 6.45) is 1.22. The molecule has 114 valence electrons. The molecule has 0 aliphatic rings. The molecule has 0 saturated carbocycles. The number of halogens is 1. The van der Waals surface area contributed by atoms with Crippen LogP contribution in [0.5, 0.6) is 0 Å². The van der Waals surface area contributed by atoms with Gasteiger partial charge in [0.15, 0.2) is 11.2 Å². The van der Waals surface area contributed by atoms with E-state index in [1.807, 2.05) is 0 Å². The van der Waals surface area contributed by atoms with Gasteiger partial charge in [0.2, 0.25) is 5.92 Å². The number of aromatic nitrogens is 1. The molecule has 0 spiro atoms. The summed E-state index contributed by atoms with van der Waals surface area (Å²) in [6, 6.07) is 8.25. The molecule has 2 aromatic rings. The van der Waals surface area contributed by atoms with Crippen LogP contribution in [0.1, 0.15) is 17.3 Å². The van der Waals surface area contributed by atoms with Gasteiger partial charge in [-0.2, -0.15) is 5.26 Å². The van der Waals surface area contributed by atoms with Crippen molar-refractivity contribution >= 4 is 35.1 Å². The molecule has 0 fully saturated rings. The van der Waals surface area contributed by atoms with Crippen molar-refractivity contribution < 1.29 is 14.3 Å². The van der Waals surface area contributed by atoms with Gasteiger partial charge in [-0.25, -0.2) is 0 Å². The Labute approximate surface area is 132 Å². The number of nitriles is 1. The van der Waals surface area contributed by atoms with Gasteiger partial charge in [0, 0.05) is 17.1 Å². The van der Waals surface area contributed by atoms with Gasteiger partial charge in [-0.05, 0) is 19.1 Å². The molecule has 0 radical (unpaired) electrons. The number of carbonyl (C=O) groups excluding carboxylic acids is 2. The number of rotatable bonds is 4. The summed E-state index contributed by atoms with van der Waals surface area (Å²) in [5.74, 6) is -3.44. The summed E-state index contributed by atoms with van der Waals surface area (Å²) >= 11 is 0. The molecule has 7 heteroatoms. The first kappa shape index (κ1) is 17.4. The second-order valence-electron chi connectivity index (χ2n) is 4.26. The lowest BCUT2D eigenvalue weighted by Gasteiger charge is -2.07. The van der Waals surface area contributed by atoms with E-state index in [0.29, 0.717) is 10.9 Å². The number of hydrogen-bond acceptors (Lipinski definition) is 5. The number of nitrogens with zero attached hydrogens (tertiary/aromatic N) is 1. The number of fused-ring (bicyclic) bond motifs is 1. The lowest BCUT2D eigenvalue weighted by atomic mass is 9.98. The van der Waals surface area contributed by atoms with Crippen LogP contribution in [0, 0.1) is 17.2 Å². The number of carbonyl (C=O) groups is 2. The van der Waals surface area contributed by atoms with Crippen molar-refractivity contribution in [2.75, 3.05) is 6.61 Å². The topological polar surface area (TPSA) is 100 Å². The fourth-order valence-electron chi connectivity index (χ4n) is 1.95. The minimum Gasteiger partial charge on any atom is -0.465 e. The molecule has 1 aromatic heterocycles. The molecule has 1 N–H and O–H groups in total. The quantitative estimate of drug-likeness (QED) is 0.526. The molecule has 0 amide bonds. The second-order valence-corrected chi connectivity index (χ2v) is 4.26. The summed E-state index contributed by atoms with van der Waals surface area (Å²) in [4.78, 5) is 38.9. The van der Waals surface area contributed by atoms with Crippen LogP contribution in [0.3, 0.4) is 0 Å². The average Bonchev–Trinajstić information content (AvgIpc) is 2.48. The number of para-hydroxylation sites is 1. The molecule has 0 aliphatic carbocycles. The normalized spacial score (nSPS) is 11.1. The van der Waals surface area contributed by atoms with E-state index in [9.17, 15) is 14.4 Å². The maximum atomic E-state index is 12.3. The summed E-state index contributed by atoms with van der Waals surface area (Å²) < 4.78 is 4.67. The molecule has 0 bridgehead atoms. The Morgan fingerprint density at radius 2 is 2.05 bits per heavy atom. The Kier molecular flexibility index (Phi) is 5.84. The van der Waals surface area contributed by atoms with Gasteiger partial charge in [-0.3, -0.25) is 14.4 Å². The number of Topliss-reactive ketones (excluding diaryl/α,β-unsaturated/α-hetero) is 1. The highest BCUT2D eigenvalue weighted by molar-refractivity contribution is 6.11. The van der Waals surface area contributed by atoms with Crippen molar-refractivity contribution in [1.29, 1.82) is 5.26 Å². The minimum atomic E-state index is -1.63. The molecular weight excluding hydrogens is 308 g/mol. The highest BCUT2D eigenvalue weighted by Crippen LogP contribution is 2.11. The number of pyridine rings is 1. The summed E-state index contributed by atoms with van der Waals surface area (Å²) in [7, 11) is 0. The van der Waals surface area contributed by atoms with Crippen LogP contribution >= 0.6 is 12.4 Å². The maximum absolute atomic E-state index is 12.3. The van der Waals surface area contributed by atoms with E-state index in [2.05, 4.69) is 9.72 Å². The van der Waals surface area contributed by atoms with Crippen LogP contribution in [0.4, 0.5) is 0 Å². The molecule has 1 aromatic carbocycles. The molecule has 1 atom stereocenters. The third-order valence-corrected chi connectivity index (χ3v) is 2.97. The summed E-state index contributed by atoms with van der Waals surface area (Å²) in [5.41, 5.74) is -0.170. The van der Waals surface area contributed by atoms with Crippen LogP contribution in [-0.4, -0.2) is 23.3 Å². The number of hydrogen-bond donors (Lipinski definition) is 1. The van der Waals surface area contributed by atoms with Gasteiger partial charge >= 0.3 is 5.97 Å². The van der Waals surface area contributed by atoms with Crippen LogP contribution in [0.2, 0.25) is 0 Å². The van der Waals surface area contributed by atoms with Crippen molar-refractivity contribution in [3.8, 4) is 6.07 Å². The van der Waals surface area contributed by atoms with E-state index in [1.165, 1.54) is 6.20 Å². The standard InChI is InChI=1S/C15H12N2O4.ClH/c1-2-21-15(20)10(7-16)14(19)11-8-17-12-6-4-3-5-9(12)13(11)18;/h3-6,8,10H,2H2,1H3,(H,17,18);1H. The van der Waals surface area contributed by atoms with Crippen LogP contribution in [0.15, 0.2) is 35.3 Å². The number of ether oxygens (including phenoxy) is 1.